The predicted octanol–water partition coefficient (Wildman–Crippen LogP) is 2.70. The number of carboxylic acid groups (broad SMARTS) is 1. The number of fused-ring (bicyclic) bond motifs is 1. The van der Waals surface area contributed by atoms with Gasteiger partial charge in [-0.15, -0.1) is 0 Å². The number of benzene rings is 1. The average molecular weight is 204 g/mol. The van der Waals surface area contributed by atoms with Crippen molar-refractivity contribution in [1.29, 1.82) is 0 Å². The normalized spacial score (nSPS) is 12.9. The molecule has 0 aliphatic heterocycles. The Morgan fingerprint density at radius 3 is 2.87 bits per heavy atom. The summed E-state index contributed by atoms with van der Waals surface area (Å²) < 4.78 is 5.53. The van der Waals surface area contributed by atoms with Crippen LogP contribution in [0, 0.1) is 5.92 Å². The number of carbonyl (C=O) groups is 1. The number of carboxylic acids is 1. The molecule has 1 aromatic carbocycles. The van der Waals surface area contributed by atoms with Crippen LogP contribution in [0.15, 0.2) is 34.7 Å². The van der Waals surface area contributed by atoms with Gasteiger partial charge < -0.3 is 9.52 Å². The van der Waals surface area contributed by atoms with Gasteiger partial charge in [0.15, 0.2) is 0 Å². The van der Waals surface area contributed by atoms with Gasteiger partial charge in [0.1, 0.15) is 11.3 Å². The highest BCUT2D eigenvalue weighted by atomic mass is 16.4. The summed E-state index contributed by atoms with van der Waals surface area (Å²) in [5, 5.41) is 9.80. The second kappa shape index (κ2) is 3.77. The summed E-state index contributed by atoms with van der Waals surface area (Å²) in [5.41, 5.74) is 0.810. The van der Waals surface area contributed by atoms with E-state index in [9.17, 15) is 4.79 Å². The molecule has 78 valence electrons. The van der Waals surface area contributed by atoms with Crippen LogP contribution >= 0.6 is 0 Å². The fourth-order valence-electron chi connectivity index (χ4n) is 1.53. The molecule has 3 nitrogen and oxygen atoms in total. The minimum absolute atomic E-state index is 0.412. The Hall–Kier alpha value is -1.77. The maximum absolute atomic E-state index is 10.7. The molecule has 0 saturated heterocycles. The second-order valence-electron chi connectivity index (χ2n) is 3.69. The van der Waals surface area contributed by atoms with Gasteiger partial charge >= 0.3 is 5.97 Å². The van der Waals surface area contributed by atoms with Crippen LogP contribution in [-0.2, 0) is 11.2 Å². The first-order valence-corrected chi connectivity index (χ1v) is 4.87. The van der Waals surface area contributed by atoms with E-state index in [-0.39, 0.29) is 0 Å². The summed E-state index contributed by atoms with van der Waals surface area (Å²) in [6.45, 7) is 1.68. The van der Waals surface area contributed by atoms with Gasteiger partial charge in [-0.1, -0.05) is 25.1 Å². The van der Waals surface area contributed by atoms with Crippen molar-refractivity contribution in [2.24, 2.45) is 5.92 Å². The summed E-state index contributed by atoms with van der Waals surface area (Å²) in [4.78, 5) is 10.7. The molecule has 15 heavy (non-hydrogen) atoms. The van der Waals surface area contributed by atoms with E-state index in [4.69, 9.17) is 9.52 Å². The quantitative estimate of drug-likeness (QED) is 0.836. The minimum atomic E-state index is -0.796. The molecular formula is C12H12O3. The molecule has 0 spiro atoms. The number of rotatable bonds is 3. The first-order chi connectivity index (χ1) is 7.16. The highest BCUT2D eigenvalue weighted by molar-refractivity contribution is 5.78. The zero-order chi connectivity index (χ0) is 10.8. The molecule has 1 atom stereocenters. The standard InChI is InChI=1S/C12H12O3/c1-8(12(13)14)6-10-7-9-4-2-3-5-11(9)15-10/h2-5,7-8H,6H2,1H3,(H,13,14)/t8-/m0/s1. The van der Waals surface area contributed by atoms with Gasteiger partial charge in [0.05, 0.1) is 5.92 Å². The Morgan fingerprint density at radius 1 is 1.47 bits per heavy atom. The van der Waals surface area contributed by atoms with Gasteiger partial charge in [0, 0.05) is 11.8 Å². The molecule has 2 rings (SSSR count). The van der Waals surface area contributed by atoms with Crippen molar-refractivity contribution in [1.82, 2.24) is 0 Å². The molecule has 1 aromatic heterocycles. The predicted molar refractivity (Wildman–Crippen MR) is 56.7 cm³/mol. The molecule has 0 radical (unpaired) electrons. The van der Waals surface area contributed by atoms with Crippen LogP contribution in [0.2, 0.25) is 0 Å². The van der Waals surface area contributed by atoms with Gasteiger partial charge in [-0.25, -0.2) is 0 Å². The van der Waals surface area contributed by atoms with Gasteiger partial charge in [-0.3, -0.25) is 4.79 Å². The molecule has 3 heteroatoms. The minimum Gasteiger partial charge on any atom is -0.481 e. The van der Waals surface area contributed by atoms with E-state index in [0.717, 1.165) is 16.7 Å². The number of hydrogen-bond acceptors (Lipinski definition) is 2. The summed E-state index contributed by atoms with van der Waals surface area (Å²) in [5.74, 6) is -0.480. The number of furan rings is 1. The second-order valence-corrected chi connectivity index (χ2v) is 3.69. The van der Waals surface area contributed by atoms with Gasteiger partial charge in [-0.2, -0.15) is 0 Å². The van der Waals surface area contributed by atoms with Crippen molar-refractivity contribution < 1.29 is 14.3 Å². The molecule has 0 unspecified atom stereocenters. The highest BCUT2D eigenvalue weighted by Gasteiger charge is 2.14. The molecule has 0 aliphatic rings. The lowest BCUT2D eigenvalue weighted by Gasteiger charge is -2.01. The van der Waals surface area contributed by atoms with Crippen LogP contribution in [0.3, 0.4) is 0 Å². The smallest absolute Gasteiger partial charge is 0.306 e. The molecule has 1 heterocycles. The Morgan fingerprint density at radius 2 is 2.20 bits per heavy atom. The van der Waals surface area contributed by atoms with E-state index in [1.807, 2.05) is 30.3 Å². The Kier molecular flexibility index (Phi) is 2.46. The Bertz CT molecular complexity index is 451. The third-order valence-corrected chi connectivity index (χ3v) is 2.41. The molecule has 1 N–H and O–H groups in total. The molecular weight excluding hydrogens is 192 g/mol. The third kappa shape index (κ3) is 2.01. The molecule has 0 aliphatic carbocycles. The molecule has 0 amide bonds. The summed E-state index contributed by atoms with van der Waals surface area (Å²) in [7, 11) is 0. The molecule has 0 bridgehead atoms. The number of aliphatic carboxylic acids is 1. The van der Waals surface area contributed by atoms with Crippen LogP contribution in [0.1, 0.15) is 12.7 Å². The summed E-state index contributed by atoms with van der Waals surface area (Å²) >= 11 is 0. The zero-order valence-electron chi connectivity index (χ0n) is 8.43. The highest BCUT2D eigenvalue weighted by Crippen LogP contribution is 2.20. The van der Waals surface area contributed by atoms with Gasteiger partial charge in [0.2, 0.25) is 0 Å². The van der Waals surface area contributed by atoms with E-state index in [0.29, 0.717) is 6.42 Å². The lowest BCUT2D eigenvalue weighted by molar-refractivity contribution is -0.141. The van der Waals surface area contributed by atoms with Crippen molar-refractivity contribution in [2.45, 2.75) is 13.3 Å². The monoisotopic (exact) mass is 204 g/mol. The largest absolute Gasteiger partial charge is 0.481 e. The van der Waals surface area contributed by atoms with Crippen LogP contribution < -0.4 is 0 Å². The van der Waals surface area contributed by atoms with E-state index < -0.39 is 11.9 Å². The van der Waals surface area contributed by atoms with Crippen molar-refractivity contribution >= 4 is 16.9 Å². The van der Waals surface area contributed by atoms with Crippen molar-refractivity contribution in [3.8, 4) is 0 Å². The van der Waals surface area contributed by atoms with Crippen LogP contribution in [-0.4, -0.2) is 11.1 Å². The van der Waals surface area contributed by atoms with E-state index in [1.165, 1.54) is 0 Å². The zero-order valence-corrected chi connectivity index (χ0v) is 8.43. The lowest BCUT2D eigenvalue weighted by atomic mass is 10.1. The third-order valence-electron chi connectivity index (χ3n) is 2.41. The molecule has 0 saturated carbocycles. The maximum atomic E-state index is 10.7. The van der Waals surface area contributed by atoms with E-state index in [2.05, 4.69) is 0 Å². The Labute approximate surface area is 87.3 Å². The van der Waals surface area contributed by atoms with Crippen molar-refractivity contribution in [3.63, 3.8) is 0 Å². The topological polar surface area (TPSA) is 50.4 Å². The van der Waals surface area contributed by atoms with Crippen LogP contribution in [0.25, 0.3) is 11.0 Å². The number of hydrogen-bond donors (Lipinski definition) is 1. The summed E-state index contributed by atoms with van der Waals surface area (Å²) in [6.07, 6.45) is 0.435. The lowest BCUT2D eigenvalue weighted by Crippen LogP contribution is -2.11. The van der Waals surface area contributed by atoms with Crippen molar-refractivity contribution in [3.05, 3.63) is 36.1 Å². The van der Waals surface area contributed by atoms with E-state index in [1.54, 1.807) is 6.92 Å². The first kappa shape index (κ1) is 9.77. The Balaban J connectivity index is 2.26. The van der Waals surface area contributed by atoms with E-state index >= 15 is 0 Å². The molecule has 0 fully saturated rings. The maximum Gasteiger partial charge on any atom is 0.306 e. The van der Waals surface area contributed by atoms with Crippen LogP contribution in [0.4, 0.5) is 0 Å². The fourth-order valence-corrected chi connectivity index (χ4v) is 1.53. The van der Waals surface area contributed by atoms with Gasteiger partial charge in [0.25, 0.3) is 0 Å². The van der Waals surface area contributed by atoms with Crippen molar-refractivity contribution in [2.75, 3.05) is 0 Å². The average Bonchev–Trinajstić information content (AvgIpc) is 2.59. The summed E-state index contributed by atoms with van der Waals surface area (Å²) in [6, 6.07) is 9.56. The number of para-hydroxylation sites is 1. The first-order valence-electron chi connectivity index (χ1n) is 4.87. The SMILES string of the molecule is C[C@@H](Cc1cc2ccccc2o1)C(=O)O. The van der Waals surface area contributed by atoms with Crippen LogP contribution in [0.5, 0.6) is 0 Å². The molecule has 2 aromatic rings. The fraction of sp³-hybridized carbons (Fsp3) is 0.250. The van der Waals surface area contributed by atoms with Gasteiger partial charge in [-0.05, 0) is 12.1 Å².